The van der Waals surface area contributed by atoms with Crippen LogP contribution in [0.4, 0.5) is 11.4 Å². The Labute approximate surface area is 189 Å². The fourth-order valence-corrected chi connectivity index (χ4v) is 3.93. The number of hydrogen-bond acceptors (Lipinski definition) is 6. The standard InChI is InChI=1S/C25H19N7O/c1-30-22-9-2-3-10-23(22)32(25(30)33)24-19(7-5-11-29-24)16-31(21-14-27-17-28-15-21)20-8-4-6-18(12-20)13-26/h2-12,14-15,17H,16H2,1H3. The first-order chi connectivity index (χ1) is 16.2. The molecule has 0 spiro atoms. The highest BCUT2D eigenvalue weighted by Crippen LogP contribution is 2.29. The zero-order valence-electron chi connectivity index (χ0n) is 17.8. The zero-order valence-corrected chi connectivity index (χ0v) is 17.8. The average molecular weight is 433 g/mol. The summed E-state index contributed by atoms with van der Waals surface area (Å²) in [6.45, 7) is 0.390. The summed E-state index contributed by atoms with van der Waals surface area (Å²) >= 11 is 0. The zero-order chi connectivity index (χ0) is 22.8. The Hall–Kier alpha value is -4.77. The molecule has 0 aliphatic heterocycles. The molecular weight excluding hydrogens is 414 g/mol. The number of pyridine rings is 1. The lowest BCUT2D eigenvalue weighted by Gasteiger charge is -2.25. The minimum atomic E-state index is -0.169. The Kier molecular flexibility index (Phi) is 5.13. The number of benzene rings is 2. The molecule has 2 aromatic carbocycles. The van der Waals surface area contributed by atoms with Gasteiger partial charge in [-0.15, -0.1) is 0 Å². The van der Waals surface area contributed by atoms with Gasteiger partial charge in [0, 0.05) is 24.5 Å². The third-order valence-electron chi connectivity index (χ3n) is 5.52. The second kappa shape index (κ2) is 8.40. The molecule has 0 amide bonds. The van der Waals surface area contributed by atoms with E-state index in [1.165, 1.54) is 6.33 Å². The largest absolute Gasteiger partial charge is 0.334 e. The predicted molar refractivity (Wildman–Crippen MR) is 125 cm³/mol. The van der Waals surface area contributed by atoms with Crippen molar-refractivity contribution in [3.05, 3.63) is 107 Å². The Morgan fingerprint density at radius 1 is 0.970 bits per heavy atom. The highest BCUT2D eigenvalue weighted by Gasteiger charge is 2.19. The smallest absolute Gasteiger partial charge is 0.334 e. The van der Waals surface area contributed by atoms with Crippen molar-refractivity contribution in [2.45, 2.75) is 6.54 Å². The fourth-order valence-electron chi connectivity index (χ4n) is 3.93. The van der Waals surface area contributed by atoms with Gasteiger partial charge in [0.05, 0.1) is 47.3 Å². The second-order valence-electron chi connectivity index (χ2n) is 7.50. The first kappa shape index (κ1) is 20.2. The number of fused-ring (bicyclic) bond motifs is 1. The number of rotatable bonds is 5. The fraction of sp³-hybridized carbons (Fsp3) is 0.0800. The van der Waals surface area contributed by atoms with Crippen molar-refractivity contribution >= 4 is 22.4 Å². The van der Waals surface area contributed by atoms with Gasteiger partial charge in [-0.2, -0.15) is 5.26 Å². The molecule has 0 fully saturated rings. The van der Waals surface area contributed by atoms with Gasteiger partial charge in [0.2, 0.25) is 0 Å². The topological polar surface area (TPSA) is 92.6 Å². The first-order valence-electron chi connectivity index (χ1n) is 10.3. The van der Waals surface area contributed by atoms with E-state index in [0.29, 0.717) is 17.9 Å². The van der Waals surface area contributed by atoms with Crippen molar-refractivity contribution in [3.8, 4) is 11.9 Å². The molecule has 33 heavy (non-hydrogen) atoms. The lowest BCUT2D eigenvalue weighted by atomic mass is 10.1. The Morgan fingerprint density at radius 2 is 1.76 bits per heavy atom. The van der Waals surface area contributed by atoms with Crippen molar-refractivity contribution in [3.63, 3.8) is 0 Å². The molecule has 0 atom stereocenters. The van der Waals surface area contributed by atoms with Gasteiger partial charge in [0.15, 0.2) is 0 Å². The molecule has 0 radical (unpaired) electrons. The number of anilines is 2. The third kappa shape index (κ3) is 3.62. The molecule has 3 heterocycles. The summed E-state index contributed by atoms with van der Waals surface area (Å²) in [4.78, 5) is 28.1. The molecule has 160 valence electrons. The third-order valence-corrected chi connectivity index (χ3v) is 5.52. The van der Waals surface area contributed by atoms with Gasteiger partial charge in [-0.3, -0.25) is 4.57 Å². The van der Waals surface area contributed by atoms with E-state index in [9.17, 15) is 10.1 Å². The molecular formula is C25H19N7O. The predicted octanol–water partition coefficient (Wildman–Crippen LogP) is 3.72. The molecule has 0 aliphatic rings. The lowest BCUT2D eigenvalue weighted by molar-refractivity contribution is 0.820. The summed E-state index contributed by atoms with van der Waals surface area (Å²) < 4.78 is 3.25. The minimum absolute atomic E-state index is 0.169. The molecule has 8 heteroatoms. The minimum Gasteiger partial charge on any atom is -0.334 e. The molecule has 0 N–H and O–H groups in total. The number of aromatic nitrogens is 5. The molecule has 5 rings (SSSR count). The molecule has 0 bridgehead atoms. The number of nitrogens with zero attached hydrogens (tertiary/aromatic N) is 7. The first-order valence-corrected chi connectivity index (χ1v) is 10.3. The molecule has 0 saturated heterocycles. The Morgan fingerprint density at radius 3 is 2.55 bits per heavy atom. The van der Waals surface area contributed by atoms with E-state index >= 15 is 0 Å². The van der Waals surface area contributed by atoms with Crippen LogP contribution in [0, 0.1) is 11.3 Å². The lowest BCUT2D eigenvalue weighted by Crippen LogP contribution is -2.24. The molecule has 8 nitrogen and oxygen atoms in total. The molecule has 0 saturated carbocycles. The van der Waals surface area contributed by atoms with E-state index in [1.807, 2.05) is 59.5 Å². The molecule has 5 aromatic rings. The summed E-state index contributed by atoms with van der Waals surface area (Å²) in [5, 5.41) is 9.39. The summed E-state index contributed by atoms with van der Waals surface area (Å²) in [5.41, 5.74) is 4.39. The molecule has 0 aliphatic carbocycles. The number of nitriles is 1. The van der Waals surface area contributed by atoms with E-state index in [4.69, 9.17) is 0 Å². The van der Waals surface area contributed by atoms with Gasteiger partial charge in [-0.05, 0) is 36.4 Å². The van der Waals surface area contributed by atoms with E-state index in [-0.39, 0.29) is 5.69 Å². The highest BCUT2D eigenvalue weighted by molar-refractivity contribution is 5.78. The van der Waals surface area contributed by atoms with Gasteiger partial charge in [0.25, 0.3) is 0 Å². The van der Waals surface area contributed by atoms with Gasteiger partial charge >= 0.3 is 5.69 Å². The van der Waals surface area contributed by atoms with Crippen molar-refractivity contribution in [1.82, 2.24) is 24.1 Å². The van der Waals surface area contributed by atoms with Gasteiger partial charge in [-0.1, -0.05) is 24.3 Å². The summed E-state index contributed by atoms with van der Waals surface area (Å²) in [6.07, 6.45) is 6.58. The normalized spacial score (nSPS) is 10.8. The van der Waals surface area contributed by atoms with Gasteiger partial charge < -0.3 is 4.90 Å². The summed E-state index contributed by atoms with van der Waals surface area (Å²) in [5.74, 6) is 0.553. The maximum absolute atomic E-state index is 13.2. The van der Waals surface area contributed by atoms with E-state index < -0.39 is 0 Å². The van der Waals surface area contributed by atoms with Crippen LogP contribution in [0.15, 0.2) is 90.4 Å². The van der Waals surface area contributed by atoms with Gasteiger partial charge in [0.1, 0.15) is 12.1 Å². The van der Waals surface area contributed by atoms with E-state index in [2.05, 4.69) is 21.0 Å². The summed E-state index contributed by atoms with van der Waals surface area (Å²) in [7, 11) is 1.75. The number of imidazole rings is 1. The van der Waals surface area contributed by atoms with Crippen molar-refractivity contribution in [2.24, 2.45) is 7.05 Å². The monoisotopic (exact) mass is 433 g/mol. The quantitative estimate of drug-likeness (QED) is 0.419. The van der Waals surface area contributed by atoms with Crippen LogP contribution in [-0.4, -0.2) is 24.1 Å². The maximum atomic E-state index is 13.2. The van der Waals surface area contributed by atoms with Crippen LogP contribution in [0.2, 0.25) is 0 Å². The Balaban J connectivity index is 1.67. The summed E-state index contributed by atoms with van der Waals surface area (Å²) in [6, 6.07) is 20.9. The van der Waals surface area contributed by atoms with E-state index in [1.54, 1.807) is 40.8 Å². The second-order valence-corrected chi connectivity index (χ2v) is 7.50. The Bertz CT molecular complexity index is 1550. The van der Waals surface area contributed by atoms with E-state index in [0.717, 1.165) is 28.0 Å². The van der Waals surface area contributed by atoms with Crippen LogP contribution in [0.5, 0.6) is 0 Å². The van der Waals surface area contributed by atoms with Crippen molar-refractivity contribution in [2.75, 3.05) is 4.90 Å². The average Bonchev–Trinajstić information content (AvgIpc) is 3.13. The van der Waals surface area contributed by atoms with Crippen LogP contribution in [-0.2, 0) is 13.6 Å². The highest BCUT2D eigenvalue weighted by atomic mass is 16.1. The van der Waals surface area contributed by atoms with Crippen LogP contribution < -0.4 is 10.6 Å². The van der Waals surface area contributed by atoms with Crippen molar-refractivity contribution in [1.29, 1.82) is 5.26 Å². The van der Waals surface area contributed by atoms with Crippen molar-refractivity contribution < 1.29 is 0 Å². The van der Waals surface area contributed by atoms with Gasteiger partial charge in [-0.25, -0.2) is 24.3 Å². The van der Waals surface area contributed by atoms with Crippen LogP contribution in [0.3, 0.4) is 0 Å². The number of hydrogen-bond donors (Lipinski definition) is 0. The van der Waals surface area contributed by atoms with Crippen LogP contribution in [0.25, 0.3) is 16.9 Å². The van der Waals surface area contributed by atoms with Crippen LogP contribution in [0.1, 0.15) is 11.1 Å². The molecule has 0 unspecified atom stereocenters. The SMILES string of the molecule is Cn1c(=O)n(-c2ncccc2CN(c2cncnc2)c2cccc(C#N)c2)c2ccccc21. The number of aryl methyl sites for hydroxylation is 1. The molecule has 3 aromatic heterocycles. The number of para-hydroxylation sites is 2. The van der Waals surface area contributed by atoms with Crippen LogP contribution >= 0.6 is 0 Å². The maximum Gasteiger partial charge on any atom is 0.334 e.